The van der Waals surface area contributed by atoms with E-state index in [1.165, 1.54) is 0 Å². The molecule has 21 heavy (non-hydrogen) atoms. The van der Waals surface area contributed by atoms with E-state index in [0.717, 1.165) is 48.4 Å². The zero-order valence-electron chi connectivity index (χ0n) is 12.9. The first kappa shape index (κ1) is 16.5. The van der Waals surface area contributed by atoms with E-state index in [9.17, 15) is 0 Å². The third-order valence-electron chi connectivity index (χ3n) is 3.95. The summed E-state index contributed by atoms with van der Waals surface area (Å²) in [5.41, 5.74) is 1.79. The van der Waals surface area contributed by atoms with Gasteiger partial charge in [-0.25, -0.2) is 4.98 Å². The molecular formula is C15H23ClN4S. The van der Waals surface area contributed by atoms with Gasteiger partial charge in [-0.15, -0.1) is 0 Å². The van der Waals surface area contributed by atoms with Crippen LogP contribution in [0.25, 0.3) is 11.2 Å². The molecule has 2 heterocycles. The first-order valence-electron chi connectivity index (χ1n) is 7.54. The summed E-state index contributed by atoms with van der Waals surface area (Å²) in [7, 11) is 0. The van der Waals surface area contributed by atoms with Crippen molar-refractivity contribution in [2.24, 2.45) is 0 Å². The minimum absolute atomic E-state index is 0.329. The van der Waals surface area contributed by atoms with Gasteiger partial charge in [-0.2, -0.15) is 0 Å². The number of aromatic amines is 1. The highest BCUT2D eigenvalue weighted by Crippen LogP contribution is 2.22. The summed E-state index contributed by atoms with van der Waals surface area (Å²) in [4.78, 5) is 10.1. The van der Waals surface area contributed by atoms with E-state index in [-0.39, 0.29) is 0 Å². The van der Waals surface area contributed by atoms with Gasteiger partial charge < -0.3 is 9.88 Å². The molecular weight excluding hydrogens is 304 g/mol. The van der Waals surface area contributed by atoms with Crippen molar-refractivity contribution in [3.63, 3.8) is 0 Å². The lowest BCUT2D eigenvalue weighted by Crippen LogP contribution is -2.24. The summed E-state index contributed by atoms with van der Waals surface area (Å²) in [6.45, 7) is 9.95. The maximum absolute atomic E-state index is 5.98. The number of aromatic nitrogens is 3. The molecule has 2 aromatic rings. The molecule has 0 aliphatic carbocycles. The van der Waals surface area contributed by atoms with Crippen molar-refractivity contribution >= 4 is 35.0 Å². The highest BCUT2D eigenvalue weighted by Gasteiger charge is 2.13. The maximum atomic E-state index is 5.98. The lowest BCUT2D eigenvalue weighted by molar-refractivity contribution is 0.288. The molecule has 0 saturated carbocycles. The predicted molar refractivity (Wildman–Crippen MR) is 91.7 cm³/mol. The van der Waals surface area contributed by atoms with E-state index >= 15 is 0 Å². The number of pyridine rings is 1. The molecule has 6 heteroatoms. The molecule has 2 rings (SSSR count). The normalized spacial score (nSPS) is 13.2. The SMILES string of the molecule is CCN(CC)CCCC(C)n1c(=S)[nH]c2cc(Cl)cnc21. The van der Waals surface area contributed by atoms with Gasteiger partial charge in [0.15, 0.2) is 10.4 Å². The van der Waals surface area contributed by atoms with E-state index in [1.54, 1.807) is 6.20 Å². The number of hydrogen-bond donors (Lipinski definition) is 1. The molecule has 0 amide bonds. The molecule has 0 fully saturated rings. The van der Waals surface area contributed by atoms with Crippen molar-refractivity contribution in [3.8, 4) is 0 Å². The van der Waals surface area contributed by atoms with Crippen LogP contribution in [0.5, 0.6) is 0 Å². The Bertz CT molecular complexity index is 645. The van der Waals surface area contributed by atoms with Gasteiger partial charge in [0.2, 0.25) is 0 Å². The van der Waals surface area contributed by atoms with Crippen molar-refractivity contribution in [2.45, 2.75) is 39.7 Å². The zero-order chi connectivity index (χ0) is 15.4. The number of nitrogens with zero attached hydrogens (tertiary/aromatic N) is 3. The Morgan fingerprint density at radius 3 is 2.81 bits per heavy atom. The van der Waals surface area contributed by atoms with Gasteiger partial charge in [0.1, 0.15) is 0 Å². The van der Waals surface area contributed by atoms with Crippen LogP contribution in [0.3, 0.4) is 0 Å². The van der Waals surface area contributed by atoms with Crippen LogP contribution < -0.4 is 0 Å². The number of hydrogen-bond acceptors (Lipinski definition) is 3. The quantitative estimate of drug-likeness (QED) is 0.765. The zero-order valence-corrected chi connectivity index (χ0v) is 14.5. The lowest BCUT2D eigenvalue weighted by atomic mass is 10.1. The molecule has 0 spiro atoms. The first-order chi connectivity index (χ1) is 10.1. The summed E-state index contributed by atoms with van der Waals surface area (Å²) in [6, 6.07) is 2.20. The van der Waals surface area contributed by atoms with Crippen LogP contribution in [-0.2, 0) is 0 Å². The summed E-state index contributed by atoms with van der Waals surface area (Å²) in [6.07, 6.45) is 3.92. The summed E-state index contributed by atoms with van der Waals surface area (Å²) in [5, 5.41) is 0.625. The highest BCUT2D eigenvalue weighted by atomic mass is 35.5. The Morgan fingerprint density at radius 1 is 1.43 bits per heavy atom. The van der Waals surface area contributed by atoms with E-state index in [0.29, 0.717) is 11.1 Å². The lowest BCUT2D eigenvalue weighted by Gasteiger charge is -2.20. The summed E-state index contributed by atoms with van der Waals surface area (Å²) in [5.74, 6) is 0. The second-order valence-corrected chi connectivity index (χ2v) is 6.17. The van der Waals surface area contributed by atoms with Crippen LogP contribution in [0.2, 0.25) is 5.02 Å². The second-order valence-electron chi connectivity index (χ2n) is 5.34. The Morgan fingerprint density at radius 2 is 2.14 bits per heavy atom. The van der Waals surface area contributed by atoms with Crippen molar-refractivity contribution in [1.82, 2.24) is 19.4 Å². The van der Waals surface area contributed by atoms with Gasteiger partial charge in [-0.05, 0) is 57.7 Å². The van der Waals surface area contributed by atoms with Crippen molar-refractivity contribution in [2.75, 3.05) is 19.6 Å². The van der Waals surface area contributed by atoms with E-state index in [2.05, 4.69) is 40.2 Å². The molecule has 0 radical (unpaired) electrons. The Labute approximate surface area is 136 Å². The molecule has 0 aliphatic rings. The molecule has 4 nitrogen and oxygen atoms in total. The van der Waals surface area contributed by atoms with Crippen LogP contribution in [0.4, 0.5) is 0 Å². The summed E-state index contributed by atoms with van der Waals surface area (Å²) < 4.78 is 2.82. The van der Waals surface area contributed by atoms with Gasteiger partial charge in [-0.1, -0.05) is 25.4 Å². The maximum Gasteiger partial charge on any atom is 0.179 e. The first-order valence-corrected chi connectivity index (χ1v) is 8.33. The van der Waals surface area contributed by atoms with Crippen molar-refractivity contribution in [3.05, 3.63) is 22.1 Å². The van der Waals surface area contributed by atoms with Gasteiger partial charge in [0.25, 0.3) is 0 Å². The second kappa shape index (κ2) is 7.38. The monoisotopic (exact) mass is 326 g/mol. The largest absolute Gasteiger partial charge is 0.329 e. The van der Waals surface area contributed by atoms with E-state index in [4.69, 9.17) is 23.8 Å². The molecule has 0 aliphatic heterocycles. The standard InChI is InChI=1S/C15H23ClN4S/c1-4-19(5-2)8-6-7-11(3)20-14-13(18-15(20)21)9-12(16)10-17-14/h9-11H,4-8H2,1-3H3,(H,18,21). The molecule has 1 atom stereocenters. The van der Waals surface area contributed by atoms with E-state index in [1.807, 2.05) is 6.07 Å². The van der Waals surface area contributed by atoms with Gasteiger partial charge in [0, 0.05) is 12.2 Å². The Kier molecular flexibility index (Phi) is 5.79. The number of halogens is 1. The smallest absolute Gasteiger partial charge is 0.179 e. The average molecular weight is 327 g/mol. The number of rotatable bonds is 7. The fraction of sp³-hybridized carbons (Fsp3) is 0.600. The van der Waals surface area contributed by atoms with Crippen LogP contribution >= 0.6 is 23.8 Å². The fourth-order valence-corrected chi connectivity index (χ4v) is 3.21. The minimum Gasteiger partial charge on any atom is -0.329 e. The van der Waals surface area contributed by atoms with Crippen LogP contribution in [0.15, 0.2) is 12.3 Å². The summed E-state index contributed by atoms with van der Waals surface area (Å²) >= 11 is 11.4. The third-order valence-corrected chi connectivity index (χ3v) is 4.46. The molecule has 0 saturated heterocycles. The molecule has 0 bridgehead atoms. The predicted octanol–water partition coefficient (Wildman–Crippen LogP) is 4.43. The Hall–Kier alpha value is -0.910. The minimum atomic E-state index is 0.329. The number of imidazole rings is 1. The topological polar surface area (TPSA) is 36.9 Å². The van der Waals surface area contributed by atoms with Gasteiger partial charge in [-0.3, -0.25) is 4.57 Å². The average Bonchev–Trinajstić information content (AvgIpc) is 2.78. The number of H-pyrrole nitrogens is 1. The number of fused-ring (bicyclic) bond motifs is 1. The molecule has 1 unspecified atom stereocenters. The molecule has 2 aromatic heterocycles. The van der Waals surface area contributed by atoms with Crippen LogP contribution in [0, 0.1) is 4.77 Å². The van der Waals surface area contributed by atoms with Crippen molar-refractivity contribution < 1.29 is 0 Å². The number of nitrogens with one attached hydrogen (secondary N) is 1. The van der Waals surface area contributed by atoms with E-state index < -0.39 is 0 Å². The highest BCUT2D eigenvalue weighted by molar-refractivity contribution is 7.71. The van der Waals surface area contributed by atoms with Crippen LogP contribution in [-0.4, -0.2) is 39.1 Å². The van der Waals surface area contributed by atoms with Gasteiger partial charge in [0.05, 0.1) is 10.5 Å². The molecule has 1 N–H and O–H groups in total. The van der Waals surface area contributed by atoms with Crippen molar-refractivity contribution in [1.29, 1.82) is 0 Å². The third kappa shape index (κ3) is 3.84. The molecule has 116 valence electrons. The Balaban J connectivity index is 2.11. The van der Waals surface area contributed by atoms with Crippen LogP contribution in [0.1, 0.15) is 39.7 Å². The van der Waals surface area contributed by atoms with Gasteiger partial charge >= 0.3 is 0 Å². The molecule has 0 aromatic carbocycles. The fourth-order valence-electron chi connectivity index (χ4n) is 2.68.